The molecule has 3 aromatic rings. The van der Waals surface area contributed by atoms with Crippen LogP contribution in [0.4, 0.5) is 0 Å². The lowest BCUT2D eigenvalue weighted by Crippen LogP contribution is -2.22. The maximum atomic E-state index is 14.3. The predicted molar refractivity (Wildman–Crippen MR) is 274 cm³/mol. The van der Waals surface area contributed by atoms with Crippen LogP contribution in [-0.4, -0.2) is 26.9 Å². The van der Waals surface area contributed by atoms with Crippen LogP contribution < -0.4 is 9.47 Å². The zero-order valence-corrected chi connectivity index (χ0v) is 41.1. The Hall–Kier alpha value is -4.87. The normalized spacial score (nSPS) is 13.9. The summed E-state index contributed by atoms with van der Waals surface area (Å²) in [6.07, 6.45) is 31.1. The van der Waals surface area contributed by atoms with Gasteiger partial charge in [-0.3, -0.25) is 0 Å². The molecule has 0 bridgehead atoms. The Morgan fingerprint density at radius 2 is 0.968 bits per heavy atom. The Morgan fingerprint density at radius 3 is 1.43 bits per heavy atom. The van der Waals surface area contributed by atoms with Gasteiger partial charge in [0.25, 0.3) is 0 Å². The van der Waals surface area contributed by atoms with E-state index in [2.05, 4.69) is 104 Å². The fourth-order valence-corrected chi connectivity index (χ4v) is 9.55. The average Bonchev–Trinajstić information content (AvgIpc) is 3.25. The van der Waals surface area contributed by atoms with Crippen LogP contribution in [0.2, 0.25) is 0 Å². The highest BCUT2D eigenvalue weighted by atomic mass is 32.2. The first-order valence-electron chi connectivity index (χ1n) is 23.1. The van der Waals surface area contributed by atoms with Crippen molar-refractivity contribution in [3.63, 3.8) is 0 Å². The van der Waals surface area contributed by atoms with Crippen molar-refractivity contribution < 1.29 is 17.9 Å². The van der Waals surface area contributed by atoms with E-state index < -0.39 is 15.1 Å². The number of rotatable bonds is 28. The standard InChI is InChI=1S/C58H78O4S/c1-12-42-61-57-51(11)53(58(62-43-13-2)55-37-18-17-36-54(55)57)40-39-50(10)56(63(59,60)52-34-15-14-16-35-52)41-38-49(9)33-23-32-48(8)31-22-30-47(7)29-21-28-46(6)27-20-26-45(5)25-19-24-44(3)4/h12-18,24,26,28,30,32,34-39,56H,1-2,19-23,25,27,29,31,33,40-43H2,3-11H3/b45-26+,46-28+,47-30+,48-32+,49-38+,50-39+. The fraction of sp³-hybridized carbons (Fsp3) is 0.414. The molecule has 0 fully saturated rings. The lowest BCUT2D eigenvalue weighted by Gasteiger charge is -2.21. The molecule has 0 spiro atoms. The minimum Gasteiger partial charge on any atom is -0.489 e. The number of allylic oxidation sites excluding steroid dienone is 13. The highest BCUT2D eigenvalue weighted by Gasteiger charge is 2.28. The molecule has 1 unspecified atom stereocenters. The Bertz CT molecular complexity index is 2270. The first-order chi connectivity index (χ1) is 30.2. The van der Waals surface area contributed by atoms with Crippen LogP contribution in [0.3, 0.4) is 0 Å². The molecule has 0 aliphatic heterocycles. The highest BCUT2D eigenvalue weighted by Crippen LogP contribution is 2.41. The van der Waals surface area contributed by atoms with Crippen LogP contribution in [0.15, 0.2) is 166 Å². The molecule has 0 aliphatic rings. The SMILES string of the molecule is C=CCOc1c(C)c(C/C=C(\C)C(C/C=C(\C)CC/C=C(\C)CC/C=C(\C)CC/C=C(\C)CC/C=C(\C)CCC=C(C)C)S(=O)(=O)c2ccccc2)c(OCC=C)c2ccccc12. The molecule has 0 aromatic heterocycles. The van der Waals surface area contributed by atoms with Gasteiger partial charge in [-0.25, -0.2) is 8.42 Å². The summed E-state index contributed by atoms with van der Waals surface area (Å²) >= 11 is 0. The van der Waals surface area contributed by atoms with Gasteiger partial charge in [0.1, 0.15) is 24.7 Å². The van der Waals surface area contributed by atoms with Crippen molar-refractivity contribution in [3.05, 3.63) is 173 Å². The van der Waals surface area contributed by atoms with Crippen LogP contribution in [0.25, 0.3) is 10.8 Å². The Labute approximate surface area is 383 Å². The summed E-state index contributed by atoms with van der Waals surface area (Å²) in [4.78, 5) is 0.333. The molecule has 0 saturated carbocycles. The van der Waals surface area contributed by atoms with E-state index in [1.165, 1.54) is 33.4 Å². The molecule has 0 radical (unpaired) electrons. The number of sulfone groups is 1. The van der Waals surface area contributed by atoms with Gasteiger partial charge in [-0.2, -0.15) is 0 Å². The summed E-state index contributed by atoms with van der Waals surface area (Å²) in [7, 11) is -3.68. The quantitative estimate of drug-likeness (QED) is 0.0682. The molecule has 0 heterocycles. The molecular formula is C58H78O4S. The smallest absolute Gasteiger partial charge is 0.185 e. The summed E-state index contributed by atoms with van der Waals surface area (Å²) in [5, 5.41) is 1.19. The average molecular weight is 871 g/mol. The zero-order chi connectivity index (χ0) is 46.2. The van der Waals surface area contributed by atoms with E-state index in [1.807, 2.05) is 44.2 Å². The van der Waals surface area contributed by atoms with Gasteiger partial charge in [0, 0.05) is 16.3 Å². The van der Waals surface area contributed by atoms with Crippen molar-refractivity contribution in [2.24, 2.45) is 0 Å². The van der Waals surface area contributed by atoms with E-state index in [0.717, 1.165) is 103 Å². The zero-order valence-electron chi connectivity index (χ0n) is 40.3. The fourth-order valence-electron chi connectivity index (χ4n) is 7.75. The van der Waals surface area contributed by atoms with Crippen molar-refractivity contribution in [3.8, 4) is 11.5 Å². The maximum Gasteiger partial charge on any atom is 0.185 e. The summed E-state index contributed by atoms with van der Waals surface area (Å²) in [6.45, 7) is 27.9. The van der Waals surface area contributed by atoms with Gasteiger partial charge in [-0.1, -0.05) is 149 Å². The van der Waals surface area contributed by atoms with Gasteiger partial charge < -0.3 is 9.47 Å². The number of hydrogen-bond donors (Lipinski definition) is 0. The third-order valence-electron chi connectivity index (χ3n) is 11.7. The molecule has 340 valence electrons. The molecule has 3 rings (SSSR count). The van der Waals surface area contributed by atoms with Crippen LogP contribution in [0.5, 0.6) is 11.5 Å². The Morgan fingerprint density at radius 1 is 0.556 bits per heavy atom. The van der Waals surface area contributed by atoms with Crippen molar-refractivity contribution in [1.29, 1.82) is 0 Å². The highest BCUT2D eigenvalue weighted by molar-refractivity contribution is 7.92. The summed E-state index contributed by atoms with van der Waals surface area (Å²) < 4.78 is 41.1. The molecular weight excluding hydrogens is 793 g/mol. The Balaban J connectivity index is 1.67. The monoisotopic (exact) mass is 871 g/mol. The largest absolute Gasteiger partial charge is 0.489 e. The molecule has 0 N–H and O–H groups in total. The summed E-state index contributed by atoms with van der Waals surface area (Å²) in [5.74, 6) is 1.55. The first-order valence-corrected chi connectivity index (χ1v) is 24.6. The van der Waals surface area contributed by atoms with E-state index in [9.17, 15) is 8.42 Å². The number of ether oxygens (including phenoxy) is 2. The number of benzene rings is 3. The number of fused-ring (bicyclic) bond motifs is 1. The molecule has 0 aliphatic carbocycles. The van der Waals surface area contributed by atoms with Crippen LogP contribution in [-0.2, 0) is 16.3 Å². The van der Waals surface area contributed by atoms with Crippen LogP contribution >= 0.6 is 0 Å². The van der Waals surface area contributed by atoms with E-state index in [4.69, 9.17) is 9.47 Å². The van der Waals surface area contributed by atoms with Crippen LogP contribution in [0, 0.1) is 6.92 Å². The molecule has 0 saturated heterocycles. The lowest BCUT2D eigenvalue weighted by molar-refractivity contribution is 0.354. The van der Waals surface area contributed by atoms with Gasteiger partial charge >= 0.3 is 0 Å². The second-order valence-electron chi connectivity index (χ2n) is 17.5. The predicted octanol–water partition coefficient (Wildman–Crippen LogP) is 16.6. The van der Waals surface area contributed by atoms with E-state index in [1.54, 1.807) is 36.4 Å². The van der Waals surface area contributed by atoms with E-state index >= 15 is 0 Å². The maximum absolute atomic E-state index is 14.3. The topological polar surface area (TPSA) is 52.6 Å². The first kappa shape index (κ1) is 52.5. The van der Waals surface area contributed by atoms with Gasteiger partial charge in [-0.15, -0.1) is 0 Å². The van der Waals surface area contributed by atoms with Gasteiger partial charge in [0.15, 0.2) is 9.84 Å². The Kier molecular flexibility index (Phi) is 23.3. The van der Waals surface area contributed by atoms with Gasteiger partial charge in [0.05, 0.1) is 10.1 Å². The number of hydrogen-bond acceptors (Lipinski definition) is 4. The van der Waals surface area contributed by atoms with Crippen molar-refractivity contribution in [1.82, 2.24) is 0 Å². The lowest BCUT2D eigenvalue weighted by atomic mass is 9.95. The molecule has 4 nitrogen and oxygen atoms in total. The third-order valence-corrected chi connectivity index (χ3v) is 13.9. The summed E-state index contributed by atoms with van der Waals surface area (Å²) in [6, 6.07) is 16.9. The minimum absolute atomic E-state index is 0.333. The van der Waals surface area contributed by atoms with Crippen molar-refractivity contribution in [2.45, 2.75) is 150 Å². The third kappa shape index (κ3) is 18.0. The van der Waals surface area contributed by atoms with Gasteiger partial charge in [0.2, 0.25) is 0 Å². The second kappa shape index (κ2) is 28.0. The second-order valence-corrected chi connectivity index (χ2v) is 19.6. The van der Waals surface area contributed by atoms with E-state index in [0.29, 0.717) is 31.0 Å². The molecule has 63 heavy (non-hydrogen) atoms. The van der Waals surface area contributed by atoms with Crippen molar-refractivity contribution in [2.75, 3.05) is 13.2 Å². The molecule has 5 heteroatoms. The molecule has 1 atom stereocenters. The van der Waals surface area contributed by atoms with Crippen LogP contribution in [0.1, 0.15) is 137 Å². The van der Waals surface area contributed by atoms with E-state index in [-0.39, 0.29) is 0 Å². The summed E-state index contributed by atoms with van der Waals surface area (Å²) in [5.41, 5.74) is 11.1. The minimum atomic E-state index is -3.68. The van der Waals surface area contributed by atoms with Crippen molar-refractivity contribution >= 4 is 20.6 Å². The van der Waals surface area contributed by atoms with Gasteiger partial charge in [-0.05, 0) is 157 Å². The molecule has 0 amide bonds. The molecule has 3 aromatic carbocycles.